The minimum Gasteiger partial charge on any atom is -0.478 e. The molecule has 0 aliphatic heterocycles. The Labute approximate surface area is 81.8 Å². The van der Waals surface area contributed by atoms with E-state index in [-0.39, 0.29) is 5.56 Å². The summed E-state index contributed by atoms with van der Waals surface area (Å²) in [5.41, 5.74) is 0.477. The Hall–Kier alpha value is -1.42. The first-order valence-corrected chi connectivity index (χ1v) is 4.17. The summed E-state index contributed by atoms with van der Waals surface area (Å²) in [6.07, 6.45) is 0. The van der Waals surface area contributed by atoms with Crippen molar-refractivity contribution in [3.63, 3.8) is 0 Å². The first kappa shape index (κ1) is 10.7. The van der Waals surface area contributed by atoms with E-state index >= 15 is 0 Å². The molecule has 0 saturated heterocycles. The predicted octanol–water partition coefficient (Wildman–Crippen LogP) is 1.59. The fourth-order valence-electron chi connectivity index (χ4n) is 1.15. The molecular formula is C10H12FNO2. The molecule has 0 fully saturated rings. The van der Waals surface area contributed by atoms with Crippen LogP contribution < -0.4 is 0 Å². The summed E-state index contributed by atoms with van der Waals surface area (Å²) in [6, 6.07) is 3.95. The largest absolute Gasteiger partial charge is 0.478 e. The van der Waals surface area contributed by atoms with E-state index in [1.807, 2.05) is 19.0 Å². The van der Waals surface area contributed by atoms with Gasteiger partial charge in [0, 0.05) is 12.1 Å². The molecule has 0 aromatic heterocycles. The molecular weight excluding hydrogens is 185 g/mol. The lowest BCUT2D eigenvalue weighted by molar-refractivity contribution is 0.0696. The third-order valence-electron chi connectivity index (χ3n) is 1.79. The molecule has 1 rings (SSSR count). The van der Waals surface area contributed by atoms with Gasteiger partial charge in [0.25, 0.3) is 0 Å². The second-order valence-electron chi connectivity index (χ2n) is 3.35. The number of carboxylic acid groups (broad SMARTS) is 1. The van der Waals surface area contributed by atoms with E-state index in [0.29, 0.717) is 12.1 Å². The van der Waals surface area contributed by atoms with Crippen molar-refractivity contribution in [3.8, 4) is 0 Å². The fourth-order valence-corrected chi connectivity index (χ4v) is 1.15. The number of carbonyl (C=O) groups is 1. The standard InChI is InChI=1S/C10H12FNO2/c1-12(2)6-8-4-3-7(10(13)14)5-9(8)11/h3-5H,6H2,1-2H3,(H,13,14). The zero-order valence-corrected chi connectivity index (χ0v) is 8.12. The van der Waals surface area contributed by atoms with Crippen LogP contribution in [0.1, 0.15) is 15.9 Å². The second kappa shape index (κ2) is 4.19. The maximum atomic E-state index is 13.3. The van der Waals surface area contributed by atoms with Crippen LogP contribution in [0.25, 0.3) is 0 Å². The van der Waals surface area contributed by atoms with Crippen LogP contribution in [0.2, 0.25) is 0 Å². The average Bonchev–Trinajstić information content (AvgIpc) is 2.07. The van der Waals surface area contributed by atoms with Crippen molar-refractivity contribution >= 4 is 5.97 Å². The number of aromatic carboxylic acids is 1. The molecule has 0 bridgehead atoms. The number of carboxylic acids is 1. The van der Waals surface area contributed by atoms with Gasteiger partial charge >= 0.3 is 5.97 Å². The molecule has 0 atom stereocenters. The van der Waals surface area contributed by atoms with Crippen LogP contribution in [-0.4, -0.2) is 30.1 Å². The number of benzene rings is 1. The van der Waals surface area contributed by atoms with E-state index in [9.17, 15) is 9.18 Å². The van der Waals surface area contributed by atoms with Crippen molar-refractivity contribution in [2.24, 2.45) is 0 Å². The molecule has 4 heteroatoms. The first-order valence-electron chi connectivity index (χ1n) is 4.17. The minimum atomic E-state index is -1.11. The molecule has 0 amide bonds. The van der Waals surface area contributed by atoms with Gasteiger partial charge in [-0.05, 0) is 26.2 Å². The van der Waals surface area contributed by atoms with E-state index in [2.05, 4.69) is 0 Å². The van der Waals surface area contributed by atoms with Crippen LogP contribution >= 0.6 is 0 Å². The molecule has 0 aliphatic carbocycles. The Morgan fingerprint density at radius 1 is 1.50 bits per heavy atom. The smallest absolute Gasteiger partial charge is 0.335 e. The highest BCUT2D eigenvalue weighted by atomic mass is 19.1. The van der Waals surface area contributed by atoms with Crippen LogP contribution in [0, 0.1) is 5.82 Å². The van der Waals surface area contributed by atoms with E-state index in [4.69, 9.17) is 5.11 Å². The molecule has 0 heterocycles. The molecule has 0 saturated carbocycles. The summed E-state index contributed by atoms with van der Waals surface area (Å²) in [5.74, 6) is -1.58. The van der Waals surface area contributed by atoms with Crippen molar-refractivity contribution in [3.05, 3.63) is 35.1 Å². The number of nitrogens with zero attached hydrogens (tertiary/aromatic N) is 1. The van der Waals surface area contributed by atoms with Gasteiger partial charge in [0.05, 0.1) is 5.56 Å². The zero-order chi connectivity index (χ0) is 10.7. The van der Waals surface area contributed by atoms with Crippen LogP contribution in [0.15, 0.2) is 18.2 Å². The molecule has 1 N–H and O–H groups in total. The molecule has 0 spiro atoms. The highest BCUT2D eigenvalue weighted by molar-refractivity contribution is 5.87. The third-order valence-corrected chi connectivity index (χ3v) is 1.79. The lowest BCUT2D eigenvalue weighted by Gasteiger charge is -2.10. The Morgan fingerprint density at radius 2 is 2.14 bits per heavy atom. The quantitative estimate of drug-likeness (QED) is 0.799. The normalized spacial score (nSPS) is 10.6. The van der Waals surface area contributed by atoms with Crippen molar-refractivity contribution in [2.75, 3.05) is 14.1 Å². The molecule has 3 nitrogen and oxygen atoms in total. The Bertz CT molecular complexity index is 350. The number of hydrogen-bond donors (Lipinski definition) is 1. The van der Waals surface area contributed by atoms with Crippen molar-refractivity contribution in [1.29, 1.82) is 0 Å². The Morgan fingerprint density at radius 3 is 2.57 bits per heavy atom. The van der Waals surface area contributed by atoms with Gasteiger partial charge in [-0.1, -0.05) is 6.07 Å². The predicted molar refractivity (Wildman–Crippen MR) is 50.8 cm³/mol. The van der Waals surface area contributed by atoms with Gasteiger partial charge in [-0.2, -0.15) is 0 Å². The monoisotopic (exact) mass is 197 g/mol. The van der Waals surface area contributed by atoms with Gasteiger partial charge < -0.3 is 10.0 Å². The Kier molecular flexibility index (Phi) is 3.19. The molecule has 0 radical (unpaired) electrons. The van der Waals surface area contributed by atoms with E-state index < -0.39 is 11.8 Å². The van der Waals surface area contributed by atoms with Crippen molar-refractivity contribution < 1.29 is 14.3 Å². The number of halogens is 1. The SMILES string of the molecule is CN(C)Cc1ccc(C(=O)O)cc1F. The highest BCUT2D eigenvalue weighted by Gasteiger charge is 2.08. The van der Waals surface area contributed by atoms with Gasteiger partial charge in [0.2, 0.25) is 0 Å². The van der Waals surface area contributed by atoms with Gasteiger partial charge in [0.1, 0.15) is 5.82 Å². The molecule has 0 unspecified atom stereocenters. The summed E-state index contributed by atoms with van der Waals surface area (Å²) in [5, 5.41) is 8.60. The summed E-state index contributed by atoms with van der Waals surface area (Å²) in [4.78, 5) is 12.3. The summed E-state index contributed by atoms with van der Waals surface area (Å²) in [6.45, 7) is 0.464. The topological polar surface area (TPSA) is 40.5 Å². The summed E-state index contributed by atoms with van der Waals surface area (Å²) in [7, 11) is 3.65. The maximum absolute atomic E-state index is 13.3. The fraction of sp³-hybridized carbons (Fsp3) is 0.300. The lowest BCUT2D eigenvalue weighted by atomic mass is 10.1. The van der Waals surface area contributed by atoms with E-state index in [1.165, 1.54) is 12.1 Å². The second-order valence-corrected chi connectivity index (χ2v) is 3.35. The lowest BCUT2D eigenvalue weighted by Crippen LogP contribution is -2.12. The van der Waals surface area contributed by atoms with Gasteiger partial charge in [-0.3, -0.25) is 0 Å². The van der Waals surface area contributed by atoms with Crippen LogP contribution in [-0.2, 0) is 6.54 Å². The minimum absolute atomic E-state index is 0.0231. The van der Waals surface area contributed by atoms with Crippen LogP contribution in [0.4, 0.5) is 4.39 Å². The van der Waals surface area contributed by atoms with Crippen LogP contribution in [0.5, 0.6) is 0 Å². The summed E-state index contributed by atoms with van der Waals surface area (Å²) < 4.78 is 13.3. The van der Waals surface area contributed by atoms with E-state index in [0.717, 1.165) is 6.07 Å². The van der Waals surface area contributed by atoms with Crippen LogP contribution in [0.3, 0.4) is 0 Å². The molecule has 0 aliphatic rings. The van der Waals surface area contributed by atoms with Crippen molar-refractivity contribution in [1.82, 2.24) is 4.90 Å². The maximum Gasteiger partial charge on any atom is 0.335 e. The average molecular weight is 197 g/mol. The van der Waals surface area contributed by atoms with Crippen molar-refractivity contribution in [2.45, 2.75) is 6.54 Å². The summed E-state index contributed by atoms with van der Waals surface area (Å²) >= 11 is 0. The number of hydrogen-bond acceptors (Lipinski definition) is 2. The third kappa shape index (κ3) is 2.53. The van der Waals surface area contributed by atoms with E-state index in [1.54, 1.807) is 0 Å². The zero-order valence-electron chi connectivity index (χ0n) is 8.12. The molecule has 76 valence electrons. The van der Waals surface area contributed by atoms with Gasteiger partial charge in [0.15, 0.2) is 0 Å². The van der Waals surface area contributed by atoms with Gasteiger partial charge in [-0.25, -0.2) is 9.18 Å². The first-order chi connectivity index (χ1) is 6.50. The Balaban J connectivity index is 2.95. The molecule has 14 heavy (non-hydrogen) atoms. The van der Waals surface area contributed by atoms with Gasteiger partial charge in [-0.15, -0.1) is 0 Å². The highest BCUT2D eigenvalue weighted by Crippen LogP contribution is 2.11. The molecule has 1 aromatic rings. The molecule has 1 aromatic carbocycles. The number of rotatable bonds is 3.